The van der Waals surface area contributed by atoms with Crippen molar-refractivity contribution in [2.75, 3.05) is 0 Å². The van der Waals surface area contributed by atoms with E-state index in [0.717, 1.165) is 6.08 Å². The van der Waals surface area contributed by atoms with E-state index in [0.29, 0.717) is 5.56 Å². The Hall–Kier alpha value is -1.64. The highest BCUT2D eigenvalue weighted by atomic mass is 19.1. The first-order valence-electron chi connectivity index (χ1n) is 3.42. The molecular weight excluding hydrogens is 157 g/mol. The van der Waals surface area contributed by atoms with Crippen LogP contribution in [-0.2, 0) is 4.79 Å². The summed E-state index contributed by atoms with van der Waals surface area (Å²) < 4.78 is 12.8. The van der Waals surface area contributed by atoms with Crippen molar-refractivity contribution in [1.82, 2.24) is 0 Å². The van der Waals surface area contributed by atoms with Crippen LogP contribution in [-0.4, -0.2) is 5.91 Å². The number of benzene rings is 1. The Labute approximate surface area is 69.5 Å². The fourth-order valence-corrected chi connectivity index (χ4v) is 0.782. The Bertz CT molecular complexity index is 320. The van der Waals surface area contributed by atoms with Gasteiger partial charge in [0.05, 0.1) is 0 Å². The van der Waals surface area contributed by atoms with Crippen molar-refractivity contribution in [2.24, 2.45) is 5.73 Å². The third kappa shape index (κ3) is 2.20. The van der Waals surface area contributed by atoms with Crippen molar-refractivity contribution in [3.05, 3.63) is 41.7 Å². The van der Waals surface area contributed by atoms with Gasteiger partial charge in [0.15, 0.2) is 0 Å². The van der Waals surface area contributed by atoms with Crippen LogP contribution in [0, 0.1) is 5.82 Å². The smallest absolute Gasteiger partial charge is 0.241 e. The van der Waals surface area contributed by atoms with Gasteiger partial charge in [-0.15, -0.1) is 0 Å². The van der Waals surface area contributed by atoms with E-state index in [1.165, 1.54) is 12.1 Å². The Kier molecular flexibility index (Phi) is 2.58. The zero-order chi connectivity index (χ0) is 8.97. The van der Waals surface area contributed by atoms with Crippen LogP contribution < -0.4 is 5.73 Å². The maximum absolute atomic E-state index is 12.8. The van der Waals surface area contributed by atoms with Gasteiger partial charge in [-0.1, -0.05) is 18.2 Å². The second kappa shape index (κ2) is 3.67. The lowest BCUT2D eigenvalue weighted by Crippen LogP contribution is -2.05. The highest BCUT2D eigenvalue weighted by Crippen LogP contribution is 2.07. The monoisotopic (exact) mass is 165 g/mol. The molecule has 1 aromatic rings. The van der Waals surface area contributed by atoms with Crippen molar-refractivity contribution in [3.8, 4) is 0 Å². The quantitative estimate of drug-likeness (QED) is 0.660. The van der Waals surface area contributed by atoms with Gasteiger partial charge in [-0.05, 0) is 12.1 Å². The number of carbonyl (C=O) groups is 1. The molecular formula is C9H8FNO. The molecule has 62 valence electrons. The fraction of sp³-hybridized carbons (Fsp3) is 0. The molecule has 0 saturated carbocycles. The van der Waals surface area contributed by atoms with Crippen LogP contribution in [0.4, 0.5) is 4.39 Å². The van der Waals surface area contributed by atoms with Gasteiger partial charge in [0, 0.05) is 11.6 Å². The average Bonchev–Trinajstić information content (AvgIpc) is 2.03. The van der Waals surface area contributed by atoms with Crippen molar-refractivity contribution in [2.45, 2.75) is 0 Å². The van der Waals surface area contributed by atoms with Gasteiger partial charge < -0.3 is 5.73 Å². The topological polar surface area (TPSA) is 43.1 Å². The molecule has 0 aliphatic carbocycles. The number of primary amides is 1. The summed E-state index contributed by atoms with van der Waals surface area (Å²) in [6.07, 6.45) is 2.47. The van der Waals surface area contributed by atoms with Crippen LogP contribution in [0.15, 0.2) is 30.3 Å². The van der Waals surface area contributed by atoms with Gasteiger partial charge in [0.1, 0.15) is 5.82 Å². The van der Waals surface area contributed by atoms with Crippen molar-refractivity contribution < 1.29 is 9.18 Å². The molecule has 0 unspecified atom stereocenters. The molecule has 0 aliphatic rings. The normalized spacial score (nSPS) is 10.4. The summed E-state index contributed by atoms with van der Waals surface area (Å²) >= 11 is 0. The van der Waals surface area contributed by atoms with E-state index in [1.54, 1.807) is 18.2 Å². The Morgan fingerprint density at radius 1 is 1.42 bits per heavy atom. The second-order valence-electron chi connectivity index (χ2n) is 2.26. The zero-order valence-electron chi connectivity index (χ0n) is 6.33. The summed E-state index contributed by atoms with van der Waals surface area (Å²) in [5.74, 6) is -0.951. The molecule has 0 heterocycles. The molecule has 0 saturated heterocycles. The molecule has 0 atom stereocenters. The molecule has 1 aromatic carbocycles. The van der Waals surface area contributed by atoms with Crippen LogP contribution in [0.2, 0.25) is 0 Å². The number of rotatable bonds is 2. The molecule has 0 aromatic heterocycles. The van der Waals surface area contributed by atoms with Gasteiger partial charge in [-0.3, -0.25) is 4.79 Å². The number of nitrogens with two attached hydrogens (primary N) is 1. The molecule has 1 amide bonds. The summed E-state index contributed by atoms with van der Waals surface area (Å²) in [4.78, 5) is 10.3. The third-order valence-electron chi connectivity index (χ3n) is 1.33. The first-order valence-corrected chi connectivity index (χ1v) is 3.42. The van der Waals surface area contributed by atoms with E-state index in [9.17, 15) is 9.18 Å². The number of halogens is 1. The largest absolute Gasteiger partial charge is 0.366 e. The standard InChI is InChI=1S/C9H8FNO/c10-8-4-2-1-3-7(8)5-6-9(11)12/h1-6H,(H2,11,12)/b6-5-. The SMILES string of the molecule is NC(=O)/C=C\c1ccccc1F. The minimum Gasteiger partial charge on any atom is -0.366 e. The Morgan fingerprint density at radius 3 is 2.67 bits per heavy atom. The van der Waals surface area contributed by atoms with Gasteiger partial charge in [-0.2, -0.15) is 0 Å². The molecule has 0 spiro atoms. The van der Waals surface area contributed by atoms with Gasteiger partial charge in [0.25, 0.3) is 0 Å². The molecule has 2 nitrogen and oxygen atoms in total. The average molecular weight is 165 g/mol. The van der Waals surface area contributed by atoms with Crippen LogP contribution in [0.25, 0.3) is 6.08 Å². The first kappa shape index (κ1) is 8.46. The highest BCUT2D eigenvalue weighted by molar-refractivity contribution is 5.90. The highest BCUT2D eigenvalue weighted by Gasteiger charge is 1.94. The molecule has 1 rings (SSSR count). The number of hydrogen-bond donors (Lipinski definition) is 1. The maximum Gasteiger partial charge on any atom is 0.241 e. The lowest BCUT2D eigenvalue weighted by atomic mass is 10.2. The molecule has 0 fully saturated rings. The Balaban J connectivity index is 2.89. The zero-order valence-corrected chi connectivity index (χ0v) is 6.33. The van der Waals surface area contributed by atoms with Gasteiger partial charge in [-0.25, -0.2) is 4.39 Å². The number of hydrogen-bond acceptors (Lipinski definition) is 1. The van der Waals surface area contributed by atoms with E-state index >= 15 is 0 Å². The van der Waals surface area contributed by atoms with Gasteiger partial charge in [0.2, 0.25) is 5.91 Å². The van der Waals surface area contributed by atoms with E-state index in [4.69, 9.17) is 5.73 Å². The summed E-state index contributed by atoms with van der Waals surface area (Å²) in [6.45, 7) is 0. The molecule has 0 bridgehead atoms. The molecule has 2 N–H and O–H groups in total. The first-order chi connectivity index (χ1) is 5.70. The van der Waals surface area contributed by atoms with Crippen LogP contribution in [0.5, 0.6) is 0 Å². The molecule has 3 heteroatoms. The third-order valence-corrected chi connectivity index (χ3v) is 1.33. The van der Waals surface area contributed by atoms with Crippen LogP contribution in [0.1, 0.15) is 5.56 Å². The summed E-state index contributed by atoms with van der Waals surface area (Å²) in [7, 11) is 0. The lowest BCUT2D eigenvalue weighted by Gasteiger charge is -1.93. The minimum atomic E-state index is -0.585. The maximum atomic E-state index is 12.8. The van der Waals surface area contributed by atoms with E-state index < -0.39 is 5.91 Å². The molecule has 12 heavy (non-hydrogen) atoms. The van der Waals surface area contributed by atoms with Crippen molar-refractivity contribution in [3.63, 3.8) is 0 Å². The lowest BCUT2D eigenvalue weighted by molar-refractivity contribution is -0.113. The summed E-state index contributed by atoms with van der Waals surface area (Å²) in [6, 6.07) is 6.15. The second-order valence-corrected chi connectivity index (χ2v) is 2.26. The predicted octanol–water partition coefficient (Wildman–Crippen LogP) is 1.32. The van der Waals surface area contributed by atoms with Crippen LogP contribution in [0.3, 0.4) is 0 Å². The number of amides is 1. The van der Waals surface area contributed by atoms with Crippen molar-refractivity contribution in [1.29, 1.82) is 0 Å². The predicted molar refractivity (Wildman–Crippen MR) is 44.6 cm³/mol. The minimum absolute atomic E-state index is 0.358. The number of carbonyl (C=O) groups excluding carboxylic acids is 1. The molecule has 0 radical (unpaired) electrons. The van der Waals surface area contributed by atoms with E-state index in [-0.39, 0.29) is 5.82 Å². The van der Waals surface area contributed by atoms with E-state index in [1.807, 2.05) is 0 Å². The van der Waals surface area contributed by atoms with Crippen LogP contribution >= 0.6 is 0 Å². The van der Waals surface area contributed by atoms with E-state index in [2.05, 4.69) is 0 Å². The molecule has 0 aliphatic heterocycles. The fourth-order valence-electron chi connectivity index (χ4n) is 0.782. The summed E-state index contributed by atoms with van der Waals surface area (Å²) in [5.41, 5.74) is 5.20. The Morgan fingerprint density at radius 2 is 2.08 bits per heavy atom. The van der Waals surface area contributed by atoms with Gasteiger partial charge >= 0.3 is 0 Å². The van der Waals surface area contributed by atoms with Crippen molar-refractivity contribution >= 4 is 12.0 Å². The summed E-state index contributed by atoms with van der Waals surface area (Å²) in [5, 5.41) is 0.